The Morgan fingerprint density at radius 1 is 1.70 bits per heavy atom. The maximum Gasteiger partial charge on any atom is 0.236 e. The SMILES string of the molecule is CCCNC(=O)[C@@H](C)N.Cl. The molecule has 10 heavy (non-hydrogen) atoms. The minimum Gasteiger partial charge on any atom is -0.355 e. The van der Waals surface area contributed by atoms with Crippen molar-refractivity contribution in [2.45, 2.75) is 26.3 Å². The Morgan fingerprint density at radius 3 is 2.50 bits per heavy atom. The molecule has 0 aliphatic heterocycles. The van der Waals surface area contributed by atoms with Gasteiger partial charge in [-0.25, -0.2) is 0 Å². The second kappa shape index (κ2) is 6.83. The van der Waals surface area contributed by atoms with Gasteiger partial charge in [0.1, 0.15) is 0 Å². The van der Waals surface area contributed by atoms with Crippen molar-refractivity contribution < 1.29 is 4.79 Å². The summed E-state index contributed by atoms with van der Waals surface area (Å²) in [5.41, 5.74) is 5.26. The molecule has 0 aromatic heterocycles. The summed E-state index contributed by atoms with van der Waals surface area (Å²) < 4.78 is 0. The Labute approximate surface area is 67.8 Å². The Morgan fingerprint density at radius 2 is 2.20 bits per heavy atom. The van der Waals surface area contributed by atoms with Gasteiger partial charge in [0.05, 0.1) is 6.04 Å². The fraction of sp³-hybridized carbons (Fsp3) is 0.833. The zero-order chi connectivity index (χ0) is 7.28. The van der Waals surface area contributed by atoms with Gasteiger partial charge in [-0.1, -0.05) is 6.92 Å². The van der Waals surface area contributed by atoms with Crippen molar-refractivity contribution in [2.75, 3.05) is 6.54 Å². The van der Waals surface area contributed by atoms with Gasteiger partial charge in [0.2, 0.25) is 5.91 Å². The van der Waals surface area contributed by atoms with Crippen molar-refractivity contribution in [1.29, 1.82) is 0 Å². The number of hydrogen-bond donors (Lipinski definition) is 2. The van der Waals surface area contributed by atoms with Crippen LogP contribution in [0.3, 0.4) is 0 Å². The van der Waals surface area contributed by atoms with E-state index in [2.05, 4.69) is 5.32 Å². The lowest BCUT2D eigenvalue weighted by Gasteiger charge is -2.04. The van der Waals surface area contributed by atoms with Crippen LogP contribution in [0.25, 0.3) is 0 Å². The van der Waals surface area contributed by atoms with Gasteiger partial charge < -0.3 is 11.1 Å². The van der Waals surface area contributed by atoms with E-state index >= 15 is 0 Å². The molecule has 0 aliphatic rings. The summed E-state index contributed by atoms with van der Waals surface area (Å²) >= 11 is 0. The Kier molecular flexibility index (Phi) is 8.48. The molecule has 0 heterocycles. The molecule has 0 aromatic rings. The van der Waals surface area contributed by atoms with Gasteiger partial charge in [-0.05, 0) is 13.3 Å². The molecule has 0 bridgehead atoms. The van der Waals surface area contributed by atoms with Crippen molar-refractivity contribution in [1.82, 2.24) is 5.32 Å². The highest BCUT2D eigenvalue weighted by atomic mass is 35.5. The molecule has 0 spiro atoms. The first kappa shape index (κ1) is 12.4. The standard InChI is InChI=1S/C6H14N2O.ClH/c1-3-4-8-6(9)5(2)7;/h5H,3-4,7H2,1-2H3,(H,8,9);1H/t5-;/m1./s1. The third kappa shape index (κ3) is 5.85. The third-order valence-corrected chi connectivity index (χ3v) is 0.963. The zero-order valence-electron chi connectivity index (χ0n) is 6.39. The maximum atomic E-state index is 10.7. The van der Waals surface area contributed by atoms with Crippen LogP contribution in [0.4, 0.5) is 0 Å². The Bertz CT molecular complexity index is 95.7. The summed E-state index contributed by atoms with van der Waals surface area (Å²) in [5, 5.41) is 2.67. The average molecular weight is 167 g/mol. The third-order valence-electron chi connectivity index (χ3n) is 0.963. The number of carbonyl (C=O) groups excluding carboxylic acids is 1. The highest BCUT2D eigenvalue weighted by Crippen LogP contribution is 1.75. The van der Waals surface area contributed by atoms with Crippen molar-refractivity contribution in [3.8, 4) is 0 Å². The van der Waals surface area contributed by atoms with Crippen molar-refractivity contribution in [2.24, 2.45) is 5.73 Å². The monoisotopic (exact) mass is 166 g/mol. The second-order valence-corrected chi connectivity index (χ2v) is 2.08. The number of carbonyl (C=O) groups is 1. The average Bonchev–Trinajstić information content (AvgIpc) is 1.82. The quantitative estimate of drug-likeness (QED) is 0.633. The van der Waals surface area contributed by atoms with Crippen LogP contribution in [0.15, 0.2) is 0 Å². The molecule has 0 unspecified atom stereocenters. The van der Waals surface area contributed by atoms with Crippen LogP contribution in [0, 0.1) is 0 Å². The minimum absolute atomic E-state index is 0. The predicted octanol–water partition coefficient (Wildman–Crippen LogP) is 0.282. The van der Waals surface area contributed by atoms with Gasteiger partial charge in [-0.15, -0.1) is 12.4 Å². The van der Waals surface area contributed by atoms with E-state index in [4.69, 9.17) is 5.73 Å². The maximum absolute atomic E-state index is 10.7. The summed E-state index contributed by atoms with van der Waals surface area (Å²) in [6, 6.07) is -0.378. The molecule has 0 saturated heterocycles. The van der Waals surface area contributed by atoms with Crippen molar-refractivity contribution in [3.05, 3.63) is 0 Å². The van der Waals surface area contributed by atoms with E-state index in [1.807, 2.05) is 6.92 Å². The fourth-order valence-corrected chi connectivity index (χ4v) is 0.409. The summed E-state index contributed by atoms with van der Waals surface area (Å²) in [6.07, 6.45) is 0.957. The topological polar surface area (TPSA) is 55.1 Å². The van der Waals surface area contributed by atoms with Crippen molar-refractivity contribution >= 4 is 18.3 Å². The molecule has 0 aromatic carbocycles. The Balaban J connectivity index is 0. The lowest BCUT2D eigenvalue weighted by molar-refractivity contribution is -0.121. The summed E-state index contributed by atoms with van der Waals surface area (Å²) in [4.78, 5) is 10.7. The van der Waals surface area contributed by atoms with Crippen LogP contribution in [-0.4, -0.2) is 18.5 Å². The number of hydrogen-bond acceptors (Lipinski definition) is 2. The number of nitrogens with one attached hydrogen (secondary N) is 1. The van der Waals surface area contributed by atoms with E-state index in [1.165, 1.54) is 0 Å². The first-order valence-corrected chi connectivity index (χ1v) is 3.21. The number of rotatable bonds is 3. The van der Waals surface area contributed by atoms with Crippen LogP contribution >= 0.6 is 12.4 Å². The van der Waals surface area contributed by atoms with E-state index in [9.17, 15) is 4.79 Å². The molecule has 1 atom stereocenters. The molecule has 62 valence electrons. The van der Waals surface area contributed by atoms with Gasteiger partial charge in [0, 0.05) is 6.54 Å². The van der Waals surface area contributed by atoms with Gasteiger partial charge in [-0.3, -0.25) is 4.79 Å². The van der Waals surface area contributed by atoms with Crippen LogP contribution < -0.4 is 11.1 Å². The fourth-order valence-electron chi connectivity index (χ4n) is 0.409. The summed E-state index contributed by atoms with van der Waals surface area (Å²) in [7, 11) is 0. The van der Waals surface area contributed by atoms with Gasteiger partial charge in [0.25, 0.3) is 0 Å². The van der Waals surface area contributed by atoms with E-state index in [-0.39, 0.29) is 24.4 Å². The lowest BCUT2D eigenvalue weighted by atomic mass is 10.3. The molecule has 1 amide bonds. The van der Waals surface area contributed by atoms with Crippen LogP contribution in [-0.2, 0) is 4.79 Å². The highest BCUT2D eigenvalue weighted by Gasteiger charge is 2.03. The molecule has 3 nitrogen and oxygen atoms in total. The Hall–Kier alpha value is -0.280. The van der Waals surface area contributed by atoms with Gasteiger partial charge in [0.15, 0.2) is 0 Å². The minimum atomic E-state index is -0.378. The first-order chi connectivity index (χ1) is 4.18. The van der Waals surface area contributed by atoms with E-state index < -0.39 is 0 Å². The molecular weight excluding hydrogens is 152 g/mol. The number of nitrogens with two attached hydrogens (primary N) is 1. The molecule has 3 N–H and O–H groups in total. The lowest BCUT2D eigenvalue weighted by Crippen LogP contribution is -2.38. The van der Waals surface area contributed by atoms with Crippen LogP contribution in [0.1, 0.15) is 20.3 Å². The molecule has 4 heteroatoms. The van der Waals surface area contributed by atoms with E-state index in [0.29, 0.717) is 0 Å². The number of amides is 1. The zero-order valence-corrected chi connectivity index (χ0v) is 7.20. The van der Waals surface area contributed by atoms with Crippen LogP contribution in [0.5, 0.6) is 0 Å². The first-order valence-electron chi connectivity index (χ1n) is 3.21. The summed E-state index contributed by atoms with van der Waals surface area (Å²) in [6.45, 7) is 4.40. The van der Waals surface area contributed by atoms with E-state index in [0.717, 1.165) is 13.0 Å². The highest BCUT2D eigenvalue weighted by molar-refractivity contribution is 5.85. The smallest absolute Gasteiger partial charge is 0.236 e. The van der Waals surface area contributed by atoms with Crippen LogP contribution in [0.2, 0.25) is 0 Å². The largest absolute Gasteiger partial charge is 0.355 e. The normalized spacial score (nSPS) is 11.5. The van der Waals surface area contributed by atoms with Gasteiger partial charge in [-0.2, -0.15) is 0 Å². The van der Waals surface area contributed by atoms with Gasteiger partial charge >= 0.3 is 0 Å². The second-order valence-electron chi connectivity index (χ2n) is 2.08. The molecule has 0 radical (unpaired) electrons. The van der Waals surface area contributed by atoms with E-state index in [1.54, 1.807) is 6.92 Å². The molecule has 0 aliphatic carbocycles. The molecule has 0 saturated carbocycles. The van der Waals surface area contributed by atoms with Crippen molar-refractivity contribution in [3.63, 3.8) is 0 Å². The molecule has 0 rings (SSSR count). The summed E-state index contributed by atoms with van der Waals surface area (Å²) in [5.74, 6) is -0.0724. The molecule has 0 fully saturated rings. The molecular formula is C6H15ClN2O. The predicted molar refractivity (Wildman–Crippen MR) is 44.2 cm³/mol. The number of halogens is 1.